The maximum Gasteiger partial charge on any atom is 0.251 e. The summed E-state index contributed by atoms with van der Waals surface area (Å²) in [6, 6.07) is 5.09. The van der Waals surface area contributed by atoms with Gasteiger partial charge in [0.25, 0.3) is 5.91 Å². The first kappa shape index (κ1) is 18.7. The van der Waals surface area contributed by atoms with Crippen molar-refractivity contribution in [1.29, 1.82) is 0 Å². The molecule has 0 saturated carbocycles. The number of aromatic nitrogens is 3. The minimum Gasteiger partial charge on any atom is -0.493 e. The van der Waals surface area contributed by atoms with E-state index in [1.54, 1.807) is 23.0 Å². The average Bonchev–Trinajstić information content (AvgIpc) is 3.38. The van der Waals surface area contributed by atoms with E-state index < -0.39 is 0 Å². The van der Waals surface area contributed by atoms with Crippen molar-refractivity contribution in [2.24, 2.45) is 0 Å². The fourth-order valence-corrected chi connectivity index (χ4v) is 3.31. The lowest BCUT2D eigenvalue weighted by atomic mass is 10.1. The van der Waals surface area contributed by atoms with Crippen LogP contribution >= 0.6 is 11.3 Å². The standard InChI is InChI=1S/C18H20N4O4S/c1-24-14-9-12(10-15(25-2)16(14)26-3)17(23)19-7-5-13-11-27-18(21-13)22-8-4-6-20-22/h4,6,8-11H,5,7H2,1-3H3,(H,19,23). The van der Waals surface area contributed by atoms with Gasteiger partial charge in [0.1, 0.15) is 0 Å². The van der Waals surface area contributed by atoms with E-state index >= 15 is 0 Å². The normalized spacial score (nSPS) is 10.5. The first-order chi connectivity index (χ1) is 13.2. The molecule has 0 spiro atoms. The van der Waals surface area contributed by atoms with Gasteiger partial charge in [-0.3, -0.25) is 4.79 Å². The molecular weight excluding hydrogens is 368 g/mol. The first-order valence-electron chi connectivity index (χ1n) is 8.19. The highest BCUT2D eigenvalue weighted by molar-refractivity contribution is 7.12. The maximum absolute atomic E-state index is 12.5. The lowest BCUT2D eigenvalue weighted by Gasteiger charge is -2.14. The zero-order valence-electron chi connectivity index (χ0n) is 15.3. The van der Waals surface area contributed by atoms with Gasteiger partial charge in [-0.2, -0.15) is 5.10 Å². The minimum atomic E-state index is -0.225. The van der Waals surface area contributed by atoms with Crippen LogP contribution in [0.2, 0.25) is 0 Å². The van der Waals surface area contributed by atoms with Crippen LogP contribution in [-0.2, 0) is 6.42 Å². The molecule has 0 unspecified atom stereocenters. The fourth-order valence-electron chi connectivity index (χ4n) is 2.52. The number of carbonyl (C=O) groups is 1. The summed E-state index contributed by atoms with van der Waals surface area (Å²) >= 11 is 1.51. The molecule has 142 valence electrons. The van der Waals surface area contributed by atoms with Crippen molar-refractivity contribution in [2.75, 3.05) is 27.9 Å². The summed E-state index contributed by atoms with van der Waals surface area (Å²) in [6.07, 6.45) is 4.17. The maximum atomic E-state index is 12.5. The molecule has 0 aliphatic heterocycles. The topological polar surface area (TPSA) is 87.5 Å². The molecule has 0 atom stereocenters. The van der Waals surface area contributed by atoms with Crippen LogP contribution in [0.15, 0.2) is 36.0 Å². The van der Waals surface area contributed by atoms with E-state index in [1.807, 2.05) is 17.6 Å². The number of hydrogen-bond acceptors (Lipinski definition) is 7. The Bertz CT molecular complexity index is 883. The van der Waals surface area contributed by atoms with Crippen LogP contribution in [0.4, 0.5) is 0 Å². The number of carbonyl (C=O) groups excluding carboxylic acids is 1. The summed E-state index contributed by atoms with van der Waals surface area (Å²) in [5.41, 5.74) is 1.33. The molecule has 1 aromatic carbocycles. The van der Waals surface area contributed by atoms with Gasteiger partial charge in [-0.15, -0.1) is 11.3 Å². The van der Waals surface area contributed by atoms with E-state index in [4.69, 9.17) is 14.2 Å². The average molecular weight is 388 g/mol. The van der Waals surface area contributed by atoms with E-state index in [0.717, 1.165) is 10.8 Å². The molecule has 0 saturated heterocycles. The van der Waals surface area contributed by atoms with Gasteiger partial charge in [0.2, 0.25) is 10.9 Å². The predicted octanol–water partition coefficient (Wildman–Crippen LogP) is 2.33. The molecule has 8 nitrogen and oxygen atoms in total. The summed E-state index contributed by atoms with van der Waals surface area (Å²) in [5.74, 6) is 1.10. The molecule has 27 heavy (non-hydrogen) atoms. The van der Waals surface area contributed by atoms with Gasteiger partial charge in [-0.1, -0.05) is 0 Å². The largest absolute Gasteiger partial charge is 0.493 e. The molecule has 2 aromatic heterocycles. The molecule has 0 fully saturated rings. The van der Waals surface area contributed by atoms with Crippen molar-refractivity contribution < 1.29 is 19.0 Å². The minimum absolute atomic E-state index is 0.225. The Hall–Kier alpha value is -3.07. The molecule has 1 N–H and O–H groups in total. The number of benzene rings is 1. The molecule has 0 radical (unpaired) electrons. The van der Waals surface area contributed by atoms with Crippen LogP contribution in [0.3, 0.4) is 0 Å². The Balaban J connectivity index is 1.62. The van der Waals surface area contributed by atoms with Crippen molar-refractivity contribution in [1.82, 2.24) is 20.1 Å². The van der Waals surface area contributed by atoms with Crippen LogP contribution in [-0.4, -0.2) is 48.5 Å². The number of hydrogen-bond donors (Lipinski definition) is 1. The Labute approximate surface area is 160 Å². The number of ether oxygens (including phenoxy) is 3. The highest BCUT2D eigenvalue weighted by Gasteiger charge is 2.17. The number of nitrogens with zero attached hydrogens (tertiary/aromatic N) is 3. The van der Waals surface area contributed by atoms with E-state index in [2.05, 4.69) is 15.4 Å². The van der Waals surface area contributed by atoms with Crippen LogP contribution < -0.4 is 19.5 Å². The monoisotopic (exact) mass is 388 g/mol. The highest BCUT2D eigenvalue weighted by atomic mass is 32.1. The Morgan fingerprint density at radius 2 is 1.93 bits per heavy atom. The number of amides is 1. The third-order valence-electron chi connectivity index (χ3n) is 3.83. The van der Waals surface area contributed by atoms with Gasteiger partial charge < -0.3 is 19.5 Å². The lowest BCUT2D eigenvalue weighted by molar-refractivity contribution is 0.0953. The van der Waals surface area contributed by atoms with Crippen molar-refractivity contribution in [3.63, 3.8) is 0 Å². The lowest BCUT2D eigenvalue weighted by Crippen LogP contribution is -2.25. The molecular formula is C18H20N4O4S. The number of thiazole rings is 1. The third kappa shape index (κ3) is 4.20. The molecule has 1 amide bonds. The smallest absolute Gasteiger partial charge is 0.251 e. The van der Waals surface area contributed by atoms with E-state index in [-0.39, 0.29) is 5.91 Å². The summed E-state index contributed by atoms with van der Waals surface area (Å²) in [4.78, 5) is 17.0. The molecule has 3 rings (SSSR count). The van der Waals surface area contributed by atoms with Gasteiger partial charge >= 0.3 is 0 Å². The van der Waals surface area contributed by atoms with Crippen molar-refractivity contribution in [2.45, 2.75) is 6.42 Å². The molecule has 9 heteroatoms. The van der Waals surface area contributed by atoms with Crippen molar-refractivity contribution in [3.8, 4) is 22.4 Å². The number of methoxy groups -OCH3 is 3. The molecule has 2 heterocycles. The van der Waals surface area contributed by atoms with Gasteiger partial charge in [-0.05, 0) is 18.2 Å². The van der Waals surface area contributed by atoms with Crippen LogP contribution in [0.5, 0.6) is 17.2 Å². The second-order valence-electron chi connectivity index (χ2n) is 5.49. The molecule has 0 bridgehead atoms. The quantitative estimate of drug-likeness (QED) is 0.637. The summed E-state index contributed by atoms with van der Waals surface area (Å²) < 4.78 is 17.5. The van der Waals surface area contributed by atoms with Crippen molar-refractivity contribution >= 4 is 17.2 Å². The zero-order chi connectivity index (χ0) is 19.2. The Morgan fingerprint density at radius 3 is 2.52 bits per heavy atom. The highest BCUT2D eigenvalue weighted by Crippen LogP contribution is 2.38. The van der Waals surface area contributed by atoms with Gasteiger partial charge in [0.15, 0.2) is 11.5 Å². The van der Waals surface area contributed by atoms with Crippen molar-refractivity contribution in [3.05, 3.63) is 47.2 Å². The van der Waals surface area contributed by atoms with E-state index in [0.29, 0.717) is 35.8 Å². The van der Waals surface area contributed by atoms with Gasteiger partial charge in [0.05, 0.1) is 27.0 Å². The Morgan fingerprint density at radius 1 is 1.19 bits per heavy atom. The van der Waals surface area contributed by atoms with E-state index in [9.17, 15) is 4.79 Å². The molecule has 0 aliphatic rings. The first-order valence-corrected chi connectivity index (χ1v) is 9.07. The summed E-state index contributed by atoms with van der Waals surface area (Å²) in [7, 11) is 4.54. The SMILES string of the molecule is COc1cc(C(=O)NCCc2csc(-n3cccn3)n2)cc(OC)c1OC. The summed E-state index contributed by atoms with van der Waals surface area (Å²) in [5, 5.41) is 9.80. The predicted molar refractivity (Wildman–Crippen MR) is 101 cm³/mol. The number of rotatable bonds is 8. The third-order valence-corrected chi connectivity index (χ3v) is 4.71. The second-order valence-corrected chi connectivity index (χ2v) is 6.33. The molecule has 3 aromatic rings. The van der Waals surface area contributed by atoms with Crippen LogP contribution in [0.25, 0.3) is 5.13 Å². The second kappa shape index (κ2) is 8.54. The number of nitrogens with one attached hydrogen (secondary N) is 1. The van der Waals surface area contributed by atoms with Gasteiger partial charge in [-0.25, -0.2) is 9.67 Å². The fraction of sp³-hybridized carbons (Fsp3) is 0.278. The van der Waals surface area contributed by atoms with E-state index in [1.165, 1.54) is 32.7 Å². The van der Waals surface area contributed by atoms with Gasteiger partial charge in [0, 0.05) is 36.3 Å². The summed E-state index contributed by atoms with van der Waals surface area (Å²) in [6.45, 7) is 0.456. The molecule has 0 aliphatic carbocycles. The van der Waals surface area contributed by atoms with Crippen LogP contribution in [0.1, 0.15) is 16.1 Å². The Kier molecular flexibility index (Phi) is 5.92. The van der Waals surface area contributed by atoms with Crippen LogP contribution in [0, 0.1) is 0 Å². The zero-order valence-corrected chi connectivity index (χ0v) is 16.1.